The van der Waals surface area contributed by atoms with E-state index < -0.39 is 12.1 Å². The number of benzene rings is 1. The van der Waals surface area contributed by atoms with Crippen LogP contribution in [-0.2, 0) is 14.3 Å². The Morgan fingerprint density at radius 3 is 2.25 bits per heavy atom. The standard InChI is InChI=1S/C13H14Cl3NO3/c14-7-11(8-15)20-13(19)6-5-12(18)17-10-3-1-9(16)2-4-10/h1-4,11H,5-8H2,(H,17,18). The van der Waals surface area contributed by atoms with E-state index in [0.29, 0.717) is 10.7 Å². The highest BCUT2D eigenvalue weighted by molar-refractivity contribution is 6.30. The minimum Gasteiger partial charge on any atom is -0.460 e. The number of rotatable bonds is 7. The molecule has 1 aromatic rings. The molecule has 1 aromatic carbocycles. The summed E-state index contributed by atoms with van der Waals surface area (Å²) in [6, 6.07) is 6.68. The number of carbonyl (C=O) groups excluding carboxylic acids is 2. The van der Waals surface area contributed by atoms with E-state index in [1.54, 1.807) is 24.3 Å². The minimum absolute atomic E-state index is 0.0241. The highest BCUT2D eigenvalue weighted by Gasteiger charge is 2.13. The highest BCUT2D eigenvalue weighted by Crippen LogP contribution is 2.13. The number of halogens is 3. The van der Waals surface area contributed by atoms with Gasteiger partial charge in [-0.2, -0.15) is 0 Å². The van der Waals surface area contributed by atoms with Gasteiger partial charge in [0, 0.05) is 17.1 Å². The largest absolute Gasteiger partial charge is 0.460 e. The van der Waals surface area contributed by atoms with Crippen molar-refractivity contribution in [3.63, 3.8) is 0 Å². The van der Waals surface area contributed by atoms with Gasteiger partial charge >= 0.3 is 5.97 Å². The Bertz CT molecular complexity index is 447. The molecule has 1 amide bonds. The molecule has 0 aliphatic heterocycles. The predicted molar refractivity (Wildman–Crippen MR) is 80.6 cm³/mol. The molecule has 4 nitrogen and oxygen atoms in total. The second-order valence-electron chi connectivity index (χ2n) is 3.98. The van der Waals surface area contributed by atoms with Crippen molar-refractivity contribution < 1.29 is 14.3 Å². The lowest BCUT2D eigenvalue weighted by atomic mass is 10.2. The summed E-state index contributed by atoms with van der Waals surface area (Å²) in [5, 5.41) is 3.23. The van der Waals surface area contributed by atoms with Crippen molar-refractivity contribution in [1.29, 1.82) is 0 Å². The Morgan fingerprint density at radius 2 is 1.70 bits per heavy atom. The molecule has 0 aliphatic carbocycles. The summed E-state index contributed by atoms with van der Waals surface area (Å²) in [5.74, 6) is -0.515. The third-order valence-electron chi connectivity index (χ3n) is 2.33. The van der Waals surface area contributed by atoms with Gasteiger partial charge in [-0.3, -0.25) is 9.59 Å². The Hall–Kier alpha value is -0.970. The average molecular weight is 339 g/mol. The lowest BCUT2D eigenvalue weighted by Gasteiger charge is -2.11. The second kappa shape index (κ2) is 9.06. The fraction of sp³-hybridized carbons (Fsp3) is 0.385. The molecule has 0 radical (unpaired) electrons. The fourth-order valence-electron chi connectivity index (χ4n) is 1.32. The summed E-state index contributed by atoms with van der Waals surface area (Å²) in [6.45, 7) is 0. The number of esters is 1. The molecule has 20 heavy (non-hydrogen) atoms. The van der Waals surface area contributed by atoms with Gasteiger partial charge in [0.2, 0.25) is 5.91 Å². The third-order valence-corrected chi connectivity index (χ3v) is 3.27. The molecule has 0 spiro atoms. The van der Waals surface area contributed by atoms with Crippen LogP contribution in [0, 0.1) is 0 Å². The normalized spacial score (nSPS) is 10.4. The first-order valence-electron chi connectivity index (χ1n) is 5.92. The van der Waals surface area contributed by atoms with Gasteiger partial charge in [-0.25, -0.2) is 0 Å². The first-order chi connectivity index (χ1) is 9.55. The summed E-state index contributed by atoms with van der Waals surface area (Å²) in [5.41, 5.74) is 0.618. The molecule has 1 N–H and O–H groups in total. The van der Waals surface area contributed by atoms with Crippen LogP contribution in [0.3, 0.4) is 0 Å². The number of nitrogens with one attached hydrogen (secondary N) is 1. The summed E-state index contributed by atoms with van der Waals surface area (Å²) >= 11 is 16.8. The van der Waals surface area contributed by atoms with Crippen molar-refractivity contribution in [3.05, 3.63) is 29.3 Å². The van der Waals surface area contributed by atoms with Crippen LogP contribution in [0.1, 0.15) is 12.8 Å². The molecule has 110 valence electrons. The number of hydrogen-bond donors (Lipinski definition) is 1. The quantitative estimate of drug-likeness (QED) is 0.612. The fourth-order valence-corrected chi connectivity index (χ4v) is 1.90. The summed E-state index contributed by atoms with van der Waals surface area (Å²) < 4.78 is 4.96. The number of hydrogen-bond acceptors (Lipinski definition) is 3. The SMILES string of the molecule is O=C(CCC(=O)OC(CCl)CCl)Nc1ccc(Cl)cc1. The van der Waals surface area contributed by atoms with Gasteiger partial charge < -0.3 is 10.1 Å². The molecule has 0 bridgehead atoms. The van der Waals surface area contributed by atoms with Gasteiger partial charge in [-0.15, -0.1) is 23.2 Å². The third kappa shape index (κ3) is 6.46. The smallest absolute Gasteiger partial charge is 0.306 e. The van der Waals surface area contributed by atoms with Crippen LogP contribution in [-0.4, -0.2) is 29.7 Å². The van der Waals surface area contributed by atoms with Gasteiger partial charge in [0.05, 0.1) is 18.2 Å². The summed E-state index contributed by atoms with van der Waals surface area (Å²) in [7, 11) is 0. The van der Waals surface area contributed by atoms with Crippen molar-refractivity contribution in [2.24, 2.45) is 0 Å². The Kier molecular flexibility index (Phi) is 7.73. The molecular weight excluding hydrogens is 325 g/mol. The molecule has 0 aliphatic rings. The second-order valence-corrected chi connectivity index (χ2v) is 5.03. The van der Waals surface area contributed by atoms with E-state index in [2.05, 4.69) is 5.32 Å². The summed E-state index contributed by atoms with van der Waals surface area (Å²) in [4.78, 5) is 23.1. The molecule has 0 unspecified atom stereocenters. The Morgan fingerprint density at radius 1 is 1.10 bits per heavy atom. The molecule has 7 heteroatoms. The molecule has 0 saturated heterocycles. The number of anilines is 1. The van der Waals surface area contributed by atoms with Crippen molar-refractivity contribution in [1.82, 2.24) is 0 Å². The van der Waals surface area contributed by atoms with Crippen LogP contribution in [0.5, 0.6) is 0 Å². The number of amides is 1. The van der Waals surface area contributed by atoms with Crippen LogP contribution >= 0.6 is 34.8 Å². The van der Waals surface area contributed by atoms with E-state index in [0.717, 1.165) is 0 Å². The lowest BCUT2D eigenvalue weighted by molar-refractivity contribution is -0.148. The highest BCUT2D eigenvalue weighted by atomic mass is 35.5. The van der Waals surface area contributed by atoms with Crippen LogP contribution in [0.4, 0.5) is 5.69 Å². The van der Waals surface area contributed by atoms with Crippen LogP contribution in [0.2, 0.25) is 5.02 Å². The van der Waals surface area contributed by atoms with E-state index in [9.17, 15) is 9.59 Å². The molecule has 0 saturated carbocycles. The van der Waals surface area contributed by atoms with E-state index >= 15 is 0 Å². The maximum Gasteiger partial charge on any atom is 0.306 e. The van der Waals surface area contributed by atoms with Gasteiger partial charge in [0.15, 0.2) is 0 Å². The molecule has 0 atom stereocenters. The van der Waals surface area contributed by atoms with E-state index in [4.69, 9.17) is 39.5 Å². The number of alkyl halides is 2. The topological polar surface area (TPSA) is 55.4 Å². The maximum absolute atomic E-state index is 11.6. The number of ether oxygens (including phenoxy) is 1. The molecule has 0 fully saturated rings. The number of carbonyl (C=O) groups is 2. The average Bonchev–Trinajstić information content (AvgIpc) is 2.45. The van der Waals surface area contributed by atoms with Crippen molar-refractivity contribution in [2.45, 2.75) is 18.9 Å². The van der Waals surface area contributed by atoms with Gasteiger partial charge in [-0.05, 0) is 24.3 Å². The van der Waals surface area contributed by atoms with Crippen molar-refractivity contribution in [3.8, 4) is 0 Å². The van der Waals surface area contributed by atoms with Gasteiger partial charge in [0.1, 0.15) is 6.10 Å². The van der Waals surface area contributed by atoms with E-state index in [1.807, 2.05) is 0 Å². The predicted octanol–water partition coefficient (Wildman–Crippen LogP) is 3.45. The van der Waals surface area contributed by atoms with Crippen molar-refractivity contribution in [2.75, 3.05) is 17.1 Å². The van der Waals surface area contributed by atoms with Crippen LogP contribution in [0.15, 0.2) is 24.3 Å². The zero-order valence-corrected chi connectivity index (χ0v) is 12.8. The first kappa shape index (κ1) is 17.1. The molecule has 1 rings (SSSR count). The van der Waals surface area contributed by atoms with E-state index in [1.165, 1.54) is 0 Å². The zero-order valence-electron chi connectivity index (χ0n) is 10.6. The van der Waals surface area contributed by atoms with Gasteiger partial charge in [0.25, 0.3) is 0 Å². The van der Waals surface area contributed by atoms with Crippen molar-refractivity contribution >= 4 is 52.4 Å². The molecule has 0 aromatic heterocycles. The molecule has 0 heterocycles. The zero-order chi connectivity index (χ0) is 15.0. The van der Waals surface area contributed by atoms with E-state index in [-0.39, 0.29) is 30.5 Å². The van der Waals surface area contributed by atoms with Crippen LogP contribution in [0.25, 0.3) is 0 Å². The lowest BCUT2D eigenvalue weighted by Crippen LogP contribution is -2.22. The monoisotopic (exact) mass is 337 g/mol. The Labute approximate surface area is 132 Å². The Balaban J connectivity index is 2.32. The van der Waals surface area contributed by atoms with Gasteiger partial charge in [-0.1, -0.05) is 11.6 Å². The molecular formula is C13H14Cl3NO3. The van der Waals surface area contributed by atoms with Crippen LogP contribution < -0.4 is 5.32 Å². The minimum atomic E-state index is -0.523. The maximum atomic E-state index is 11.6. The summed E-state index contributed by atoms with van der Waals surface area (Å²) in [6.07, 6.45) is -0.521. The first-order valence-corrected chi connectivity index (χ1v) is 7.36.